The van der Waals surface area contributed by atoms with Crippen molar-refractivity contribution in [1.82, 2.24) is 26.1 Å². The summed E-state index contributed by atoms with van der Waals surface area (Å²) in [7, 11) is 0. The number of fused-ring (bicyclic) bond motifs is 1. The van der Waals surface area contributed by atoms with Gasteiger partial charge in [0.1, 0.15) is 18.0 Å². The highest BCUT2D eigenvalue weighted by Gasteiger charge is 2.34. The van der Waals surface area contributed by atoms with E-state index in [2.05, 4.69) is 31.4 Å². The van der Waals surface area contributed by atoms with E-state index in [9.17, 15) is 26.7 Å². The maximum absolute atomic E-state index is 14.5. The fourth-order valence-corrected chi connectivity index (χ4v) is 5.34. The Morgan fingerprint density at radius 1 is 1.26 bits per heavy atom. The molecule has 14 heteroatoms. The number of benzene rings is 1. The van der Waals surface area contributed by atoms with E-state index >= 15 is 0 Å². The number of rotatable bonds is 5. The van der Waals surface area contributed by atoms with Crippen LogP contribution in [-0.2, 0) is 6.42 Å². The third kappa shape index (κ3) is 4.51. The number of piperidine rings is 1. The average Bonchev–Trinajstić information content (AvgIpc) is 3.48. The van der Waals surface area contributed by atoms with E-state index in [0.29, 0.717) is 17.7 Å². The number of nitrogens with zero attached hydrogens (tertiary/aromatic N) is 2. The van der Waals surface area contributed by atoms with Gasteiger partial charge in [-0.15, -0.1) is 11.3 Å². The molecule has 0 unspecified atom stereocenters. The first-order chi connectivity index (χ1) is 16.2. The number of carbonyl (C=O) groups excluding carboxylic acids is 1. The summed E-state index contributed by atoms with van der Waals surface area (Å²) in [6.45, 7) is 0.870. The van der Waals surface area contributed by atoms with Gasteiger partial charge in [0.15, 0.2) is 0 Å². The number of aromatic nitrogens is 2. The lowest BCUT2D eigenvalue weighted by atomic mass is 10.0. The Hall–Kier alpha value is -3.00. The third-order valence-corrected chi connectivity index (χ3v) is 6.98. The molecule has 3 aromatic rings. The molecule has 8 nitrogen and oxygen atoms in total. The molecule has 2 aliphatic rings. The van der Waals surface area contributed by atoms with Crippen LogP contribution in [-0.4, -0.2) is 54.2 Å². The highest BCUT2D eigenvalue weighted by atomic mass is 32.1. The monoisotopic (exact) mass is 502 g/mol. The third-order valence-electron chi connectivity index (χ3n) is 5.70. The molecule has 182 valence electrons. The van der Waals surface area contributed by atoms with Crippen LogP contribution in [0.4, 0.5) is 32.4 Å². The van der Waals surface area contributed by atoms with Crippen LogP contribution >= 0.6 is 11.3 Å². The zero-order valence-corrected chi connectivity index (χ0v) is 18.2. The summed E-state index contributed by atoms with van der Waals surface area (Å²) in [4.78, 5) is 15.6. The Kier molecular flexibility index (Phi) is 5.80. The van der Waals surface area contributed by atoms with Gasteiger partial charge in [0, 0.05) is 18.5 Å². The molecule has 3 atom stereocenters. The fourth-order valence-electron chi connectivity index (χ4n) is 4.13. The van der Waals surface area contributed by atoms with Gasteiger partial charge in [0.2, 0.25) is 5.82 Å². The topological polar surface area (TPSA) is 104 Å². The predicted molar refractivity (Wildman–Crippen MR) is 114 cm³/mol. The van der Waals surface area contributed by atoms with E-state index in [1.807, 2.05) is 0 Å². The number of anilines is 1. The molecule has 0 spiro atoms. The number of hydrogen-bond acceptors (Lipinski definition) is 7. The van der Waals surface area contributed by atoms with Crippen LogP contribution in [0.3, 0.4) is 0 Å². The number of hydrogen-bond donors (Lipinski definition) is 4. The zero-order chi connectivity index (χ0) is 24.0. The van der Waals surface area contributed by atoms with Gasteiger partial charge in [-0.25, -0.2) is 13.6 Å². The van der Waals surface area contributed by atoms with Crippen LogP contribution in [0.2, 0.25) is 0 Å². The lowest BCUT2D eigenvalue weighted by molar-refractivity contribution is -0.126. The Bertz CT molecular complexity index is 1230. The minimum atomic E-state index is -4.59. The highest BCUT2D eigenvalue weighted by Crippen LogP contribution is 2.44. The van der Waals surface area contributed by atoms with Crippen molar-refractivity contribution >= 4 is 33.1 Å². The zero-order valence-electron chi connectivity index (χ0n) is 17.4. The molecule has 2 amide bonds. The summed E-state index contributed by atoms with van der Waals surface area (Å²) >= 11 is 0.944. The first-order valence-electron chi connectivity index (χ1n) is 10.5. The summed E-state index contributed by atoms with van der Waals surface area (Å²) in [5.41, 5.74) is 0.0123. The second kappa shape index (κ2) is 8.65. The SMILES string of the molecule is O=C1NC[C@H](c2nc(-c3sc4c(N[C@@H]5CCNC[C@@H]5F)cc(F)cc4c3CC(F)(F)F)no2)N1. The van der Waals surface area contributed by atoms with Gasteiger partial charge in [0.25, 0.3) is 5.89 Å². The van der Waals surface area contributed by atoms with Crippen molar-refractivity contribution in [2.75, 3.05) is 25.0 Å². The van der Waals surface area contributed by atoms with Crippen molar-refractivity contribution in [3.05, 3.63) is 29.4 Å². The van der Waals surface area contributed by atoms with E-state index in [1.165, 1.54) is 0 Å². The lowest BCUT2D eigenvalue weighted by Crippen LogP contribution is -2.45. The number of nitrogens with one attached hydrogen (secondary N) is 4. The van der Waals surface area contributed by atoms with Crippen molar-refractivity contribution < 1.29 is 31.3 Å². The molecular weight excluding hydrogens is 483 g/mol. The normalized spacial score (nSPS) is 23.2. The van der Waals surface area contributed by atoms with Gasteiger partial charge in [-0.2, -0.15) is 18.2 Å². The summed E-state index contributed by atoms with van der Waals surface area (Å²) in [5, 5.41) is 14.8. The molecule has 0 saturated carbocycles. The maximum Gasteiger partial charge on any atom is 0.393 e. The molecule has 0 aliphatic carbocycles. The van der Waals surface area contributed by atoms with Gasteiger partial charge >= 0.3 is 12.2 Å². The minimum absolute atomic E-state index is 0.0308. The first-order valence-corrected chi connectivity index (χ1v) is 11.3. The molecule has 2 aliphatic heterocycles. The molecule has 2 fully saturated rings. The molecule has 1 aromatic carbocycles. The van der Waals surface area contributed by atoms with Gasteiger partial charge < -0.3 is 25.8 Å². The summed E-state index contributed by atoms with van der Waals surface area (Å²) < 4.78 is 74.8. The minimum Gasteiger partial charge on any atom is -0.378 e. The molecule has 2 saturated heterocycles. The summed E-state index contributed by atoms with van der Waals surface area (Å²) in [5.74, 6) is -0.822. The number of halogens is 5. The average molecular weight is 502 g/mol. The molecular formula is C20H19F5N6O2S. The largest absolute Gasteiger partial charge is 0.393 e. The summed E-state index contributed by atoms with van der Waals surface area (Å²) in [6, 6.07) is 0.512. The second-order valence-electron chi connectivity index (χ2n) is 8.15. The molecule has 2 aromatic heterocycles. The molecule has 5 rings (SSSR count). The quantitative estimate of drug-likeness (QED) is 0.397. The van der Waals surface area contributed by atoms with E-state index in [0.717, 1.165) is 23.5 Å². The number of thiophene rings is 1. The number of urea groups is 1. The van der Waals surface area contributed by atoms with Crippen LogP contribution in [0.1, 0.15) is 23.9 Å². The lowest BCUT2D eigenvalue weighted by Gasteiger charge is -2.28. The van der Waals surface area contributed by atoms with E-state index in [4.69, 9.17) is 4.52 Å². The van der Waals surface area contributed by atoms with Crippen LogP contribution in [0.15, 0.2) is 16.7 Å². The van der Waals surface area contributed by atoms with E-state index < -0.39 is 42.7 Å². The predicted octanol–water partition coefficient (Wildman–Crippen LogP) is 3.66. The van der Waals surface area contributed by atoms with Crippen LogP contribution in [0.25, 0.3) is 20.8 Å². The Morgan fingerprint density at radius 3 is 2.79 bits per heavy atom. The Labute approximate surface area is 193 Å². The smallest absolute Gasteiger partial charge is 0.378 e. The number of carbonyl (C=O) groups is 1. The Morgan fingerprint density at radius 2 is 2.09 bits per heavy atom. The van der Waals surface area contributed by atoms with Crippen molar-refractivity contribution in [3.8, 4) is 10.7 Å². The van der Waals surface area contributed by atoms with Crippen LogP contribution < -0.4 is 21.3 Å². The molecule has 4 heterocycles. The van der Waals surface area contributed by atoms with Crippen LogP contribution in [0.5, 0.6) is 0 Å². The van der Waals surface area contributed by atoms with Gasteiger partial charge in [0.05, 0.1) is 27.7 Å². The number of alkyl halides is 4. The van der Waals surface area contributed by atoms with Crippen molar-refractivity contribution in [3.63, 3.8) is 0 Å². The van der Waals surface area contributed by atoms with Crippen molar-refractivity contribution in [2.24, 2.45) is 0 Å². The van der Waals surface area contributed by atoms with Crippen LogP contribution in [0, 0.1) is 5.82 Å². The van der Waals surface area contributed by atoms with Gasteiger partial charge in [-0.05, 0) is 30.7 Å². The highest BCUT2D eigenvalue weighted by molar-refractivity contribution is 7.23. The van der Waals surface area contributed by atoms with Gasteiger partial charge in [-0.3, -0.25) is 0 Å². The summed E-state index contributed by atoms with van der Waals surface area (Å²) in [6.07, 6.45) is -6.73. The first kappa shape index (κ1) is 22.8. The fraction of sp³-hybridized carbons (Fsp3) is 0.450. The number of amides is 2. The molecule has 0 radical (unpaired) electrons. The van der Waals surface area contributed by atoms with Crippen molar-refractivity contribution in [2.45, 2.75) is 37.3 Å². The molecule has 34 heavy (non-hydrogen) atoms. The van der Waals surface area contributed by atoms with Crippen molar-refractivity contribution in [1.29, 1.82) is 0 Å². The molecule has 4 N–H and O–H groups in total. The Balaban J connectivity index is 1.59. The molecule has 0 bridgehead atoms. The van der Waals surface area contributed by atoms with E-state index in [-0.39, 0.29) is 46.3 Å². The second-order valence-corrected chi connectivity index (χ2v) is 9.18. The maximum atomic E-state index is 14.5. The van der Waals surface area contributed by atoms with Gasteiger partial charge in [-0.1, -0.05) is 5.16 Å². The standard InChI is InChI=1S/C20H19F5N6O2S/c21-8-3-9-10(5-20(23,24)25)16(17-30-18(33-31-17)14-7-27-19(32)29-14)34-15(9)13(4-8)28-12-1-2-26-6-11(12)22/h3-4,11-12,14,26,28H,1-2,5-7H2,(H2,27,29,32)/t11-,12+,14+/m0/s1. The van der Waals surface area contributed by atoms with E-state index in [1.54, 1.807) is 0 Å².